The highest BCUT2D eigenvalue weighted by molar-refractivity contribution is 6.46. The second kappa shape index (κ2) is 7.15. The maximum absolute atomic E-state index is 11.9. The molecule has 0 bridgehead atoms. The summed E-state index contributed by atoms with van der Waals surface area (Å²) in [4.78, 5) is 23.9. The molecule has 0 aliphatic heterocycles. The summed E-state index contributed by atoms with van der Waals surface area (Å²) in [6.07, 6.45) is 0. The Morgan fingerprint density at radius 1 is 0.909 bits per heavy atom. The van der Waals surface area contributed by atoms with Crippen LogP contribution in [0, 0.1) is 0 Å². The number of nitrogens with one attached hydrogen (secondary N) is 2. The number of benzene rings is 2. The lowest BCUT2D eigenvalue weighted by atomic mass is 10.3. The van der Waals surface area contributed by atoms with Gasteiger partial charge in [0, 0.05) is 0 Å². The number of para-hydroxylation sites is 3. The molecule has 2 aromatic rings. The number of ether oxygens (including phenoxy) is 1. The fourth-order valence-corrected chi connectivity index (χ4v) is 2.21. The van der Waals surface area contributed by atoms with E-state index in [9.17, 15) is 9.59 Å². The zero-order valence-corrected chi connectivity index (χ0v) is 13.0. The van der Waals surface area contributed by atoms with E-state index >= 15 is 0 Å². The Morgan fingerprint density at radius 2 is 1.50 bits per heavy atom. The van der Waals surface area contributed by atoms with Gasteiger partial charge in [-0.15, -0.1) is 0 Å². The molecular formula is C15H12Cl2N2O3. The van der Waals surface area contributed by atoms with E-state index in [1.807, 2.05) is 0 Å². The van der Waals surface area contributed by atoms with Gasteiger partial charge >= 0.3 is 11.8 Å². The van der Waals surface area contributed by atoms with Gasteiger partial charge < -0.3 is 15.4 Å². The molecule has 0 aromatic heterocycles. The molecule has 0 radical (unpaired) electrons. The average molecular weight is 339 g/mol. The molecule has 2 N–H and O–H groups in total. The first-order valence-electron chi connectivity index (χ1n) is 6.22. The molecule has 7 heteroatoms. The topological polar surface area (TPSA) is 67.4 Å². The van der Waals surface area contributed by atoms with Crippen molar-refractivity contribution in [3.63, 3.8) is 0 Å². The van der Waals surface area contributed by atoms with Gasteiger partial charge in [-0.1, -0.05) is 41.4 Å². The van der Waals surface area contributed by atoms with Crippen LogP contribution in [0.2, 0.25) is 10.0 Å². The van der Waals surface area contributed by atoms with Crippen molar-refractivity contribution in [3.05, 3.63) is 52.5 Å². The van der Waals surface area contributed by atoms with E-state index in [1.54, 1.807) is 42.5 Å². The van der Waals surface area contributed by atoms with E-state index in [-0.39, 0.29) is 15.7 Å². The molecule has 0 saturated heterocycles. The standard InChI is InChI=1S/C15H12Cl2N2O3/c1-22-12-8-3-2-7-11(12)18-14(20)15(21)19-13-9(16)5-4-6-10(13)17/h2-8H,1H3,(H,18,20)(H,19,21). The van der Waals surface area contributed by atoms with Crippen LogP contribution in [-0.4, -0.2) is 18.9 Å². The van der Waals surface area contributed by atoms with Crippen molar-refractivity contribution in [2.45, 2.75) is 0 Å². The predicted molar refractivity (Wildman–Crippen MR) is 86.7 cm³/mol. The lowest BCUT2D eigenvalue weighted by molar-refractivity contribution is -0.133. The van der Waals surface area contributed by atoms with Crippen LogP contribution in [-0.2, 0) is 9.59 Å². The SMILES string of the molecule is COc1ccccc1NC(=O)C(=O)Nc1c(Cl)cccc1Cl. The third-order valence-electron chi connectivity index (χ3n) is 2.76. The van der Waals surface area contributed by atoms with E-state index in [4.69, 9.17) is 27.9 Å². The largest absolute Gasteiger partial charge is 0.495 e. The van der Waals surface area contributed by atoms with Crippen molar-refractivity contribution in [2.24, 2.45) is 0 Å². The minimum atomic E-state index is -0.888. The number of amides is 2. The Hall–Kier alpha value is -2.24. The van der Waals surface area contributed by atoms with Crippen LogP contribution in [0.4, 0.5) is 11.4 Å². The number of methoxy groups -OCH3 is 1. The molecule has 2 rings (SSSR count). The number of anilines is 2. The van der Waals surface area contributed by atoms with Crippen molar-refractivity contribution in [1.29, 1.82) is 0 Å². The van der Waals surface area contributed by atoms with Crippen LogP contribution in [0.5, 0.6) is 5.75 Å². The first-order valence-corrected chi connectivity index (χ1v) is 6.98. The minimum absolute atomic E-state index is 0.186. The van der Waals surface area contributed by atoms with E-state index in [2.05, 4.69) is 10.6 Å². The number of rotatable bonds is 3. The summed E-state index contributed by atoms with van der Waals surface area (Å²) in [5.41, 5.74) is 0.571. The van der Waals surface area contributed by atoms with Crippen molar-refractivity contribution in [2.75, 3.05) is 17.7 Å². The van der Waals surface area contributed by atoms with Crippen LogP contribution in [0.1, 0.15) is 0 Å². The van der Waals surface area contributed by atoms with Gasteiger partial charge in [0.1, 0.15) is 5.75 Å². The van der Waals surface area contributed by atoms with E-state index in [0.717, 1.165) is 0 Å². The summed E-state index contributed by atoms with van der Waals surface area (Å²) < 4.78 is 5.09. The van der Waals surface area contributed by atoms with Crippen molar-refractivity contribution in [3.8, 4) is 5.75 Å². The lowest BCUT2D eigenvalue weighted by Crippen LogP contribution is -2.29. The van der Waals surface area contributed by atoms with E-state index < -0.39 is 11.8 Å². The molecule has 0 saturated carbocycles. The highest BCUT2D eigenvalue weighted by Crippen LogP contribution is 2.30. The van der Waals surface area contributed by atoms with E-state index in [0.29, 0.717) is 11.4 Å². The van der Waals surface area contributed by atoms with Crippen molar-refractivity contribution in [1.82, 2.24) is 0 Å². The van der Waals surface area contributed by atoms with Gasteiger partial charge in [0.15, 0.2) is 0 Å². The summed E-state index contributed by atoms with van der Waals surface area (Å²) in [7, 11) is 1.47. The second-order valence-electron chi connectivity index (χ2n) is 4.21. The Bertz CT molecular complexity index is 699. The fourth-order valence-electron chi connectivity index (χ4n) is 1.71. The van der Waals surface area contributed by atoms with Crippen LogP contribution in [0.15, 0.2) is 42.5 Å². The summed E-state index contributed by atoms with van der Waals surface area (Å²) in [5.74, 6) is -1.30. The number of carbonyl (C=O) groups is 2. The maximum Gasteiger partial charge on any atom is 0.314 e. The zero-order chi connectivity index (χ0) is 16.1. The number of hydrogen-bond acceptors (Lipinski definition) is 3. The molecular weight excluding hydrogens is 327 g/mol. The summed E-state index contributed by atoms with van der Waals surface area (Å²) >= 11 is 11.9. The maximum atomic E-state index is 11.9. The first kappa shape index (κ1) is 16.1. The molecule has 22 heavy (non-hydrogen) atoms. The van der Waals surface area contributed by atoms with Gasteiger partial charge in [0.05, 0.1) is 28.5 Å². The van der Waals surface area contributed by atoms with Crippen LogP contribution >= 0.6 is 23.2 Å². The zero-order valence-electron chi connectivity index (χ0n) is 11.5. The van der Waals surface area contributed by atoms with Gasteiger partial charge in [0.2, 0.25) is 0 Å². The monoisotopic (exact) mass is 338 g/mol. The third-order valence-corrected chi connectivity index (χ3v) is 3.39. The quantitative estimate of drug-likeness (QED) is 0.840. The van der Waals surface area contributed by atoms with Crippen LogP contribution < -0.4 is 15.4 Å². The van der Waals surface area contributed by atoms with Crippen LogP contribution in [0.25, 0.3) is 0 Å². The molecule has 0 aliphatic carbocycles. The van der Waals surface area contributed by atoms with Gasteiger partial charge in [-0.05, 0) is 24.3 Å². The fraction of sp³-hybridized carbons (Fsp3) is 0.0667. The molecule has 0 heterocycles. The molecule has 2 amide bonds. The Kier molecular flexibility index (Phi) is 5.25. The molecule has 0 aliphatic rings. The van der Waals surface area contributed by atoms with Gasteiger partial charge in [-0.3, -0.25) is 9.59 Å². The van der Waals surface area contributed by atoms with Crippen LogP contribution in [0.3, 0.4) is 0 Å². The second-order valence-corrected chi connectivity index (χ2v) is 5.02. The molecule has 114 valence electrons. The Labute approximate surface area is 137 Å². The summed E-state index contributed by atoms with van der Waals surface area (Å²) in [6.45, 7) is 0. The number of hydrogen-bond donors (Lipinski definition) is 2. The molecule has 5 nitrogen and oxygen atoms in total. The molecule has 2 aromatic carbocycles. The third kappa shape index (κ3) is 3.69. The molecule has 0 spiro atoms. The number of carbonyl (C=O) groups excluding carboxylic acids is 2. The predicted octanol–water partition coefficient (Wildman–Crippen LogP) is 3.58. The first-order chi connectivity index (χ1) is 10.5. The van der Waals surface area contributed by atoms with E-state index in [1.165, 1.54) is 7.11 Å². The Balaban J connectivity index is 2.12. The van der Waals surface area contributed by atoms with Crippen molar-refractivity contribution < 1.29 is 14.3 Å². The van der Waals surface area contributed by atoms with Gasteiger partial charge in [-0.25, -0.2) is 0 Å². The molecule has 0 unspecified atom stereocenters. The smallest absolute Gasteiger partial charge is 0.314 e. The normalized spacial score (nSPS) is 9.95. The highest BCUT2D eigenvalue weighted by Gasteiger charge is 2.18. The van der Waals surface area contributed by atoms with Gasteiger partial charge in [0.25, 0.3) is 0 Å². The minimum Gasteiger partial charge on any atom is -0.495 e. The average Bonchev–Trinajstić information content (AvgIpc) is 2.51. The summed E-state index contributed by atoms with van der Waals surface area (Å²) in [6, 6.07) is 11.5. The Morgan fingerprint density at radius 3 is 2.14 bits per heavy atom. The van der Waals surface area contributed by atoms with Crippen molar-refractivity contribution >= 4 is 46.4 Å². The molecule has 0 fully saturated rings. The lowest BCUT2D eigenvalue weighted by Gasteiger charge is -2.11. The number of halogens is 2. The van der Waals surface area contributed by atoms with Gasteiger partial charge in [-0.2, -0.15) is 0 Å². The highest BCUT2D eigenvalue weighted by atomic mass is 35.5. The molecule has 0 atom stereocenters. The summed E-state index contributed by atoms with van der Waals surface area (Å²) in [5, 5.41) is 5.32.